The van der Waals surface area contributed by atoms with E-state index in [1.165, 1.54) is 6.08 Å². The summed E-state index contributed by atoms with van der Waals surface area (Å²) in [6.45, 7) is 5.22. The van der Waals surface area contributed by atoms with Gasteiger partial charge < -0.3 is 19.9 Å². The van der Waals surface area contributed by atoms with Gasteiger partial charge in [-0.3, -0.25) is 4.79 Å². The summed E-state index contributed by atoms with van der Waals surface area (Å²) in [7, 11) is 0. The monoisotopic (exact) mass is 375 g/mol. The van der Waals surface area contributed by atoms with Crippen LogP contribution in [0.15, 0.2) is 49.1 Å². The van der Waals surface area contributed by atoms with Crippen LogP contribution in [0.2, 0.25) is 0 Å². The van der Waals surface area contributed by atoms with E-state index in [9.17, 15) is 9.90 Å². The van der Waals surface area contributed by atoms with Crippen molar-refractivity contribution in [2.45, 2.75) is 24.9 Å². The Morgan fingerprint density at radius 1 is 1.18 bits per heavy atom. The summed E-state index contributed by atoms with van der Waals surface area (Å²) in [5.74, 6) is 1.20. The largest absolute Gasteiger partial charge is 0.507 e. The van der Waals surface area contributed by atoms with Gasteiger partial charge in [0.2, 0.25) is 5.91 Å². The first-order chi connectivity index (χ1) is 13.6. The summed E-state index contributed by atoms with van der Waals surface area (Å²) in [6.07, 6.45) is 3.47. The van der Waals surface area contributed by atoms with Crippen molar-refractivity contribution in [3.8, 4) is 17.0 Å². The third-order valence-corrected chi connectivity index (χ3v) is 5.79. The molecular weight excluding hydrogens is 354 g/mol. The predicted octanol–water partition coefficient (Wildman–Crippen LogP) is 2.70. The Hall–Kier alpha value is -3.35. The summed E-state index contributed by atoms with van der Waals surface area (Å²) < 4.78 is 0. The Balaban J connectivity index is 1.44. The number of hydrogen-bond donors (Lipinski definition) is 2. The number of anilines is 1. The lowest BCUT2D eigenvalue weighted by atomic mass is 10.1. The van der Waals surface area contributed by atoms with E-state index in [0.717, 1.165) is 37.1 Å². The minimum Gasteiger partial charge on any atom is -0.507 e. The fourth-order valence-electron chi connectivity index (χ4n) is 4.48. The van der Waals surface area contributed by atoms with Crippen molar-refractivity contribution in [1.82, 2.24) is 20.1 Å². The van der Waals surface area contributed by atoms with E-state index in [4.69, 9.17) is 0 Å². The van der Waals surface area contributed by atoms with E-state index in [-0.39, 0.29) is 23.7 Å². The van der Waals surface area contributed by atoms with E-state index >= 15 is 0 Å². The quantitative estimate of drug-likeness (QED) is 0.688. The number of benzene rings is 1. The number of aromatic amines is 1. The van der Waals surface area contributed by atoms with Crippen LogP contribution in [0.4, 0.5) is 5.82 Å². The summed E-state index contributed by atoms with van der Waals surface area (Å²) in [5, 5.41) is 19.6. The first-order valence-corrected chi connectivity index (χ1v) is 9.48. The number of phenolic OH excluding ortho intramolecular Hbond substituents is 1. The highest BCUT2D eigenvalue weighted by molar-refractivity contribution is 5.88. The van der Waals surface area contributed by atoms with Crippen LogP contribution in [0.1, 0.15) is 12.8 Å². The fourth-order valence-corrected chi connectivity index (χ4v) is 4.48. The number of aromatic hydroxyl groups is 1. The van der Waals surface area contributed by atoms with Crippen LogP contribution in [0.25, 0.3) is 22.3 Å². The number of amides is 1. The van der Waals surface area contributed by atoms with Crippen molar-refractivity contribution < 1.29 is 9.90 Å². The molecule has 2 aromatic heterocycles. The number of aromatic nitrogens is 3. The second-order valence-electron chi connectivity index (χ2n) is 7.44. The maximum atomic E-state index is 12.2. The van der Waals surface area contributed by atoms with Crippen LogP contribution in [0, 0.1) is 0 Å². The molecule has 5 rings (SSSR count). The summed E-state index contributed by atoms with van der Waals surface area (Å²) in [6, 6.07) is 11.6. The second kappa shape index (κ2) is 6.37. The van der Waals surface area contributed by atoms with Gasteiger partial charge >= 0.3 is 0 Å². The Labute approximate surface area is 162 Å². The van der Waals surface area contributed by atoms with Crippen LogP contribution in [-0.2, 0) is 4.79 Å². The minimum absolute atomic E-state index is 0.0296. The van der Waals surface area contributed by atoms with Gasteiger partial charge in [0.15, 0.2) is 5.65 Å². The van der Waals surface area contributed by atoms with Crippen molar-refractivity contribution in [3.63, 3.8) is 0 Å². The first kappa shape index (κ1) is 16.8. The lowest BCUT2D eigenvalue weighted by Gasteiger charge is -2.41. The highest BCUT2D eigenvalue weighted by Crippen LogP contribution is 2.34. The molecule has 1 amide bonds. The van der Waals surface area contributed by atoms with Gasteiger partial charge in [0.05, 0.1) is 5.69 Å². The van der Waals surface area contributed by atoms with Gasteiger partial charge in [0.25, 0.3) is 0 Å². The lowest BCUT2D eigenvalue weighted by molar-refractivity contribution is -0.129. The third kappa shape index (κ3) is 2.62. The third-order valence-electron chi connectivity index (χ3n) is 5.79. The molecule has 2 aliphatic heterocycles. The average molecular weight is 375 g/mol. The molecule has 4 heterocycles. The van der Waals surface area contributed by atoms with Crippen LogP contribution in [0.5, 0.6) is 5.75 Å². The van der Waals surface area contributed by atoms with Crippen molar-refractivity contribution in [3.05, 3.63) is 49.1 Å². The smallest absolute Gasteiger partial charge is 0.246 e. The number of carbonyl (C=O) groups is 1. The molecule has 2 unspecified atom stereocenters. The molecule has 0 spiro atoms. The van der Waals surface area contributed by atoms with Crippen LogP contribution < -0.4 is 4.90 Å². The van der Waals surface area contributed by atoms with E-state index in [1.54, 1.807) is 12.1 Å². The molecule has 0 aliphatic carbocycles. The van der Waals surface area contributed by atoms with E-state index in [0.29, 0.717) is 16.9 Å². The molecule has 2 aliphatic rings. The molecule has 2 bridgehead atoms. The van der Waals surface area contributed by atoms with Gasteiger partial charge in [-0.05, 0) is 43.2 Å². The lowest BCUT2D eigenvalue weighted by Crippen LogP contribution is -2.55. The van der Waals surface area contributed by atoms with Gasteiger partial charge in [-0.2, -0.15) is 0 Å². The zero-order valence-corrected chi connectivity index (χ0v) is 15.4. The number of rotatable bonds is 3. The number of piperazine rings is 1. The van der Waals surface area contributed by atoms with Crippen molar-refractivity contribution in [2.24, 2.45) is 0 Å². The molecule has 7 heteroatoms. The molecule has 1 aromatic carbocycles. The topological polar surface area (TPSA) is 85.3 Å². The maximum Gasteiger partial charge on any atom is 0.246 e. The van der Waals surface area contributed by atoms with Gasteiger partial charge in [-0.1, -0.05) is 18.7 Å². The highest BCUT2D eigenvalue weighted by atomic mass is 16.3. The predicted molar refractivity (Wildman–Crippen MR) is 107 cm³/mol. The fraction of sp³-hybridized carbons (Fsp3) is 0.286. The Bertz CT molecular complexity index is 1060. The van der Waals surface area contributed by atoms with Crippen LogP contribution in [0.3, 0.4) is 0 Å². The molecule has 2 saturated heterocycles. The van der Waals surface area contributed by atoms with E-state index in [1.807, 2.05) is 23.1 Å². The standard InChI is InChI=1S/C21H21N5O2/c1-2-20(28)26-14-7-8-15(26)12-25(11-14)19-10-13-9-17(23-24-21(13)22-19)16-5-3-4-6-18(16)27/h2-6,9-10,14-15,27H,1,7-8,11-12H2,(H,22,24). The van der Waals surface area contributed by atoms with Gasteiger partial charge in [-0.25, -0.2) is 0 Å². The number of fused-ring (bicyclic) bond motifs is 3. The maximum absolute atomic E-state index is 12.2. The number of nitrogens with zero attached hydrogens (tertiary/aromatic N) is 4. The number of para-hydroxylation sites is 1. The molecule has 7 nitrogen and oxygen atoms in total. The minimum atomic E-state index is 0.0296. The first-order valence-electron chi connectivity index (χ1n) is 9.48. The number of carbonyl (C=O) groups excluding carboxylic acids is 1. The molecule has 2 fully saturated rings. The Kier molecular flexibility index (Phi) is 3.82. The van der Waals surface area contributed by atoms with Crippen molar-refractivity contribution >= 4 is 22.8 Å². The molecular formula is C21H21N5O2. The number of phenols is 1. The summed E-state index contributed by atoms with van der Waals surface area (Å²) >= 11 is 0. The summed E-state index contributed by atoms with van der Waals surface area (Å²) in [4.78, 5) is 19.8. The van der Waals surface area contributed by atoms with Crippen molar-refractivity contribution in [2.75, 3.05) is 18.0 Å². The number of H-pyrrole nitrogens is 1. The molecule has 0 saturated carbocycles. The number of nitrogens with one attached hydrogen (secondary N) is 1. The zero-order valence-electron chi connectivity index (χ0n) is 15.4. The molecule has 28 heavy (non-hydrogen) atoms. The van der Waals surface area contributed by atoms with E-state index < -0.39 is 0 Å². The van der Waals surface area contributed by atoms with Crippen molar-refractivity contribution in [1.29, 1.82) is 0 Å². The number of hydrogen-bond acceptors (Lipinski definition) is 5. The second-order valence-corrected chi connectivity index (χ2v) is 7.44. The Morgan fingerprint density at radius 3 is 2.64 bits per heavy atom. The van der Waals surface area contributed by atoms with Gasteiger partial charge in [0, 0.05) is 36.1 Å². The highest BCUT2D eigenvalue weighted by Gasteiger charge is 2.42. The molecule has 3 aromatic rings. The van der Waals surface area contributed by atoms with Gasteiger partial charge in [0.1, 0.15) is 11.6 Å². The van der Waals surface area contributed by atoms with Crippen LogP contribution in [-0.4, -0.2) is 56.3 Å². The molecule has 142 valence electrons. The summed E-state index contributed by atoms with van der Waals surface area (Å²) in [5.41, 5.74) is 2.01. The SMILES string of the molecule is C=CC(=O)N1C2CCC1CN(c1cc3cc(-c4ccccc4O)nnc3[nH]1)C2. The molecule has 2 N–H and O–H groups in total. The van der Waals surface area contributed by atoms with Crippen LogP contribution >= 0.6 is 0 Å². The molecule has 0 radical (unpaired) electrons. The molecule has 2 atom stereocenters. The average Bonchev–Trinajstić information content (AvgIpc) is 3.25. The van der Waals surface area contributed by atoms with E-state index in [2.05, 4.69) is 32.7 Å². The van der Waals surface area contributed by atoms with Gasteiger partial charge in [-0.15, -0.1) is 10.2 Å². The Morgan fingerprint density at radius 2 is 1.93 bits per heavy atom. The normalized spacial score (nSPS) is 21.3. The zero-order chi connectivity index (χ0) is 19.3.